The van der Waals surface area contributed by atoms with Crippen molar-refractivity contribution in [3.8, 4) is 0 Å². The lowest BCUT2D eigenvalue weighted by atomic mass is 10.2. The van der Waals surface area contributed by atoms with Gasteiger partial charge in [0.25, 0.3) is 0 Å². The molecule has 1 unspecified atom stereocenters. The number of nitrogens with one attached hydrogen (secondary N) is 2. The van der Waals surface area contributed by atoms with Gasteiger partial charge >= 0.3 is 6.09 Å². The molecule has 0 aliphatic rings. The third-order valence-electron chi connectivity index (χ3n) is 2.90. The van der Waals surface area contributed by atoms with Crippen molar-refractivity contribution in [1.82, 2.24) is 20.1 Å². The summed E-state index contributed by atoms with van der Waals surface area (Å²) in [6.07, 6.45) is -0.635. The number of hydrogen-bond donors (Lipinski definition) is 2. The van der Waals surface area contributed by atoms with Crippen LogP contribution in [0.15, 0.2) is 0 Å². The van der Waals surface area contributed by atoms with Gasteiger partial charge in [0.1, 0.15) is 11.6 Å². The fraction of sp³-hybridized carbons (Fsp3) is 0.571. The monoisotopic (exact) mass is 339 g/mol. The van der Waals surface area contributed by atoms with Crippen LogP contribution in [0, 0.1) is 6.92 Å². The molecule has 2 aromatic heterocycles. The summed E-state index contributed by atoms with van der Waals surface area (Å²) < 4.78 is 7.71. The third-order valence-corrected chi connectivity index (χ3v) is 3.97. The van der Waals surface area contributed by atoms with Gasteiger partial charge in [-0.3, -0.25) is 4.79 Å². The number of carbonyl (C=O) groups is 2. The van der Waals surface area contributed by atoms with Crippen LogP contribution in [0.4, 0.5) is 9.93 Å². The Morgan fingerprint density at radius 1 is 1.35 bits per heavy atom. The van der Waals surface area contributed by atoms with Crippen molar-refractivity contribution >= 4 is 38.8 Å². The van der Waals surface area contributed by atoms with Gasteiger partial charge in [0.2, 0.25) is 5.91 Å². The normalized spacial score (nSPS) is 13.0. The van der Waals surface area contributed by atoms with Crippen LogP contribution in [0.25, 0.3) is 10.3 Å². The highest BCUT2D eigenvalue weighted by molar-refractivity contribution is 7.22. The Hall–Kier alpha value is -2.16. The summed E-state index contributed by atoms with van der Waals surface area (Å²) in [5.74, 6) is -0.361. The van der Waals surface area contributed by atoms with E-state index in [9.17, 15) is 9.59 Å². The highest BCUT2D eigenvalue weighted by atomic mass is 32.1. The summed E-state index contributed by atoms with van der Waals surface area (Å²) in [5, 5.41) is 9.92. The van der Waals surface area contributed by atoms with Crippen molar-refractivity contribution in [3.05, 3.63) is 5.69 Å². The van der Waals surface area contributed by atoms with Gasteiger partial charge in [0.05, 0.1) is 10.4 Å². The molecule has 9 heteroatoms. The number of thiazole rings is 1. The van der Waals surface area contributed by atoms with Crippen LogP contribution in [0.2, 0.25) is 0 Å². The molecule has 0 aromatic carbocycles. The number of nitrogens with zero attached hydrogens (tertiary/aromatic N) is 3. The number of carbonyl (C=O) groups excluding carboxylic acids is 2. The molecule has 0 saturated heterocycles. The van der Waals surface area contributed by atoms with E-state index in [-0.39, 0.29) is 5.91 Å². The first-order chi connectivity index (χ1) is 10.6. The van der Waals surface area contributed by atoms with E-state index in [1.54, 1.807) is 39.4 Å². The Labute approximate surface area is 138 Å². The zero-order valence-corrected chi connectivity index (χ0v) is 14.9. The van der Waals surface area contributed by atoms with Gasteiger partial charge in [-0.15, -0.1) is 0 Å². The standard InChI is InChI=1S/C14H21N5O3S/c1-7-9-10(19(6)18-7)16-12(23-9)17-11(20)8(2)15-13(21)22-14(3,4)5/h8H,1-6H3,(H,15,21)(H,16,17,20). The Morgan fingerprint density at radius 3 is 2.57 bits per heavy atom. The molecule has 0 radical (unpaired) electrons. The summed E-state index contributed by atoms with van der Waals surface area (Å²) in [6.45, 7) is 8.75. The van der Waals surface area contributed by atoms with E-state index in [1.807, 2.05) is 6.92 Å². The number of rotatable bonds is 3. The van der Waals surface area contributed by atoms with Crippen molar-refractivity contribution in [3.63, 3.8) is 0 Å². The molecule has 0 fully saturated rings. The molecule has 23 heavy (non-hydrogen) atoms. The largest absolute Gasteiger partial charge is 0.444 e. The van der Waals surface area contributed by atoms with Crippen LogP contribution < -0.4 is 10.6 Å². The summed E-state index contributed by atoms with van der Waals surface area (Å²) in [6, 6.07) is -0.740. The second kappa shape index (κ2) is 6.15. The summed E-state index contributed by atoms with van der Waals surface area (Å²) in [5.41, 5.74) is 0.966. The number of aromatic nitrogens is 3. The van der Waals surface area contributed by atoms with Crippen LogP contribution in [-0.2, 0) is 16.6 Å². The Bertz CT molecular complexity index is 709. The summed E-state index contributed by atoms with van der Waals surface area (Å²) in [4.78, 5) is 28.2. The fourth-order valence-corrected chi connectivity index (χ4v) is 2.84. The summed E-state index contributed by atoms with van der Waals surface area (Å²) >= 11 is 1.35. The lowest BCUT2D eigenvalue weighted by Gasteiger charge is -2.21. The van der Waals surface area contributed by atoms with Crippen molar-refractivity contribution in [2.24, 2.45) is 7.05 Å². The first-order valence-corrected chi connectivity index (χ1v) is 7.99. The maximum Gasteiger partial charge on any atom is 0.408 e. The molecule has 0 aliphatic heterocycles. The van der Waals surface area contributed by atoms with Gasteiger partial charge in [-0.1, -0.05) is 11.3 Å². The van der Waals surface area contributed by atoms with Gasteiger partial charge < -0.3 is 15.4 Å². The van der Waals surface area contributed by atoms with Crippen molar-refractivity contribution in [1.29, 1.82) is 0 Å². The first kappa shape index (κ1) is 17.2. The predicted octanol–water partition coefficient (Wildman–Crippen LogP) is 2.19. The minimum atomic E-state index is -0.740. The highest BCUT2D eigenvalue weighted by Crippen LogP contribution is 2.28. The van der Waals surface area contributed by atoms with Gasteiger partial charge in [-0.05, 0) is 34.6 Å². The van der Waals surface area contributed by atoms with Gasteiger partial charge in [-0.2, -0.15) is 5.10 Å². The Balaban J connectivity index is 1.99. The molecule has 1 atom stereocenters. The molecular weight excluding hydrogens is 318 g/mol. The predicted molar refractivity (Wildman–Crippen MR) is 88.6 cm³/mol. The number of anilines is 1. The Kier molecular flexibility index (Phi) is 4.60. The van der Waals surface area contributed by atoms with E-state index in [2.05, 4.69) is 20.7 Å². The zero-order chi connectivity index (χ0) is 17.4. The molecular formula is C14H21N5O3S. The van der Waals surface area contributed by atoms with Crippen molar-refractivity contribution < 1.29 is 14.3 Å². The number of amides is 2. The molecule has 2 amide bonds. The molecule has 0 spiro atoms. The molecule has 8 nitrogen and oxygen atoms in total. The molecule has 126 valence electrons. The van der Waals surface area contributed by atoms with Crippen LogP contribution in [0.1, 0.15) is 33.4 Å². The topological polar surface area (TPSA) is 98.1 Å². The number of fused-ring (bicyclic) bond motifs is 1. The van der Waals surface area contributed by atoms with E-state index >= 15 is 0 Å². The summed E-state index contributed by atoms with van der Waals surface area (Å²) in [7, 11) is 1.80. The molecule has 2 aromatic rings. The quantitative estimate of drug-likeness (QED) is 0.893. The van der Waals surface area contributed by atoms with Crippen molar-refractivity contribution in [2.45, 2.75) is 46.3 Å². The molecule has 0 aliphatic carbocycles. The maximum absolute atomic E-state index is 12.1. The molecule has 0 bridgehead atoms. The van der Waals surface area contributed by atoms with Crippen molar-refractivity contribution in [2.75, 3.05) is 5.32 Å². The minimum absolute atomic E-state index is 0.361. The molecule has 2 heterocycles. The average Bonchev–Trinajstić information content (AvgIpc) is 2.89. The van der Waals surface area contributed by atoms with Gasteiger partial charge in [0.15, 0.2) is 10.8 Å². The highest BCUT2D eigenvalue weighted by Gasteiger charge is 2.22. The first-order valence-electron chi connectivity index (χ1n) is 7.17. The van der Waals surface area contributed by atoms with E-state index in [4.69, 9.17) is 4.74 Å². The van der Waals surface area contributed by atoms with Crippen LogP contribution in [0.5, 0.6) is 0 Å². The average molecular weight is 339 g/mol. The molecule has 2 rings (SSSR count). The zero-order valence-electron chi connectivity index (χ0n) is 14.1. The lowest BCUT2D eigenvalue weighted by molar-refractivity contribution is -0.117. The Morgan fingerprint density at radius 2 is 2.00 bits per heavy atom. The number of ether oxygens (including phenoxy) is 1. The SMILES string of the molecule is Cc1nn(C)c2nc(NC(=O)C(C)NC(=O)OC(C)(C)C)sc12. The van der Waals surface area contributed by atoms with Crippen LogP contribution in [0.3, 0.4) is 0 Å². The van der Waals surface area contributed by atoms with Gasteiger partial charge in [0, 0.05) is 7.05 Å². The molecule has 0 saturated carbocycles. The molecule has 2 N–H and O–H groups in total. The van der Waals surface area contributed by atoms with E-state index in [0.717, 1.165) is 16.0 Å². The van der Waals surface area contributed by atoms with E-state index < -0.39 is 17.7 Å². The smallest absolute Gasteiger partial charge is 0.408 e. The third kappa shape index (κ3) is 4.19. The van der Waals surface area contributed by atoms with E-state index in [1.165, 1.54) is 11.3 Å². The second-order valence-electron chi connectivity index (χ2n) is 6.24. The number of hydrogen-bond acceptors (Lipinski definition) is 6. The van der Waals surface area contributed by atoms with Crippen LogP contribution in [-0.4, -0.2) is 38.4 Å². The fourth-order valence-electron chi connectivity index (χ4n) is 1.90. The van der Waals surface area contributed by atoms with Gasteiger partial charge in [-0.25, -0.2) is 14.5 Å². The number of aryl methyl sites for hydroxylation is 2. The second-order valence-corrected chi connectivity index (χ2v) is 7.24. The minimum Gasteiger partial charge on any atom is -0.444 e. The van der Waals surface area contributed by atoms with Crippen LogP contribution >= 0.6 is 11.3 Å². The maximum atomic E-state index is 12.1. The van der Waals surface area contributed by atoms with E-state index in [0.29, 0.717) is 5.13 Å². The number of alkyl carbamates (subject to hydrolysis) is 1. The lowest BCUT2D eigenvalue weighted by Crippen LogP contribution is -2.43.